The molecule has 0 spiro atoms. The molecule has 5 nitrogen and oxygen atoms in total. The van der Waals surface area contributed by atoms with E-state index in [-0.39, 0.29) is 0 Å². The second-order valence-electron chi connectivity index (χ2n) is 4.89. The van der Waals surface area contributed by atoms with Crippen LogP contribution < -0.4 is 5.32 Å². The number of nitrogens with one attached hydrogen (secondary N) is 1. The first kappa shape index (κ1) is 12.5. The lowest BCUT2D eigenvalue weighted by Crippen LogP contribution is -2.38. The monoisotopic (exact) mass is 237 g/mol. The molecule has 1 fully saturated rings. The summed E-state index contributed by atoms with van der Waals surface area (Å²) in [6.07, 6.45) is 5.57. The predicted octanol–water partition coefficient (Wildman–Crippen LogP) is 0.779. The highest BCUT2D eigenvalue weighted by atomic mass is 15.3. The van der Waals surface area contributed by atoms with Crippen LogP contribution in [0.15, 0.2) is 6.33 Å². The van der Waals surface area contributed by atoms with Gasteiger partial charge < -0.3 is 9.88 Å². The van der Waals surface area contributed by atoms with E-state index in [1.165, 1.54) is 25.8 Å². The zero-order valence-electron chi connectivity index (χ0n) is 10.9. The van der Waals surface area contributed by atoms with Gasteiger partial charge in [-0.15, -0.1) is 10.2 Å². The fourth-order valence-electron chi connectivity index (χ4n) is 2.43. The molecule has 1 aliphatic heterocycles. The first-order chi connectivity index (χ1) is 8.29. The number of rotatable bonds is 6. The van der Waals surface area contributed by atoms with Crippen LogP contribution in [0.1, 0.15) is 32.0 Å². The molecule has 0 aromatic carbocycles. The summed E-state index contributed by atoms with van der Waals surface area (Å²) in [5, 5.41) is 11.7. The van der Waals surface area contributed by atoms with Crippen molar-refractivity contribution in [3.63, 3.8) is 0 Å². The molecule has 1 unspecified atom stereocenters. The molecule has 2 heterocycles. The molecular formula is C12H23N5. The smallest absolute Gasteiger partial charge is 0.146 e. The Hall–Kier alpha value is -0.940. The van der Waals surface area contributed by atoms with E-state index < -0.39 is 0 Å². The summed E-state index contributed by atoms with van der Waals surface area (Å²) >= 11 is 0. The SMILES string of the molecule is CCCN(Cc1nncn1C)CC1CCCN1. The third-order valence-electron chi connectivity index (χ3n) is 3.35. The van der Waals surface area contributed by atoms with Crippen molar-refractivity contribution in [1.82, 2.24) is 25.0 Å². The van der Waals surface area contributed by atoms with E-state index in [9.17, 15) is 0 Å². The van der Waals surface area contributed by atoms with Crippen LogP contribution >= 0.6 is 0 Å². The van der Waals surface area contributed by atoms with E-state index >= 15 is 0 Å². The minimum atomic E-state index is 0.662. The van der Waals surface area contributed by atoms with Crippen LogP contribution in [0.5, 0.6) is 0 Å². The van der Waals surface area contributed by atoms with Crippen LogP contribution in [-0.4, -0.2) is 45.3 Å². The molecule has 1 aromatic rings. The van der Waals surface area contributed by atoms with Gasteiger partial charge in [0.05, 0.1) is 6.54 Å². The Labute approximate surface area is 103 Å². The van der Waals surface area contributed by atoms with E-state index in [4.69, 9.17) is 0 Å². The zero-order valence-corrected chi connectivity index (χ0v) is 10.9. The summed E-state index contributed by atoms with van der Waals surface area (Å²) in [4.78, 5) is 2.48. The van der Waals surface area contributed by atoms with Crippen LogP contribution in [0, 0.1) is 0 Å². The topological polar surface area (TPSA) is 46.0 Å². The lowest BCUT2D eigenvalue weighted by atomic mass is 10.2. The number of hydrogen-bond donors (Lipinski definition) is 1. The van der Waals surface area contributed by atoms with Gasteiger partial charge in [-0.1, -0.05) is 6.92 Å². The van der Waals surface area contributed by atoms with Crippen molar-refractivity contribution < 1.29 is 0 Å². The molecule has 2 rings (SSSR count). The Bertz CT molecular complexity index is 329. The quantitative estimate of drug-likeness (QED) is 0.794. The molecule has 1 aromatic heterocycles. The maximum atomic E-state index is 4.16. The molecule has 96 valence electrons. The molecule has 0 bridgehead atoms. The Kier molecular flexibility index (Phi) is 4.50. The molecule has 0 saturated carbocycles. The van der Waals surface area contributed by atoms with Crippen LogP contribution in [0.4, 0.5) is 0 Å². The van der Waals surface area contributed by atoms with Crippen molar-refractivity contribution in [3.05, 3.63) is 12.2 Å². The summed E-state index contributed by atoms with van der Waals surface area (Å²) in [5.41, 5.74) is 0. The van der Waals surface area contributed by atoms with Crippen molar-refractivity contribution in [2.45, 2.75) is 38.8 Å². The summed E-state index contributed by atoms with van der Waals surface area (Å²) in [7, 11) is 2.01. The van der Waals surface area contributed by atoms with Crippen molar-refractivity contribution >= 4 is 0 Å². The fourth-order valence-corrected chi connectivity index (χ4v) is 2.43. The van der Waals surface area contributed by atoms with Crippen molar-refractivity contribution in [2.24, 2.45) is 7.05 Å². The second kappa shape index (κ2) is 6.12. The van der Waals surface area contributed by atoms with Gasteiger partial charge >= 0.3 is 0 Å². The van der Waals surface area contributed by atoms with Gasteiger partial charge in [0.15, 0.2) is 0 Å². The summed E-state index contributed by atoms with van der Waals surface area (Å²) in [6, 6.07) is 0.662. The molecule has 0 radical (unpaired) electrons. The highest BCUT2D eigenvalue weighted by Gasteiger charge is 2.18. The minimum absolute atomic E-state index is 0.662. The molecule has 1 saturated heterocycles. The molecule has 1 aliphatic rings. The van der Waals surface area contributed by atoms with Crippen LogP contribution in [-0.2, 0) is 13.6 Å². The highest BCUT2D eigenvalue weighted by molar-refractivity contribution is 4.86. The maximum absolute atomic E-state index is 4.16. The van der Waals surface area contributed by atoms with Gasteiger partial charge in [-0.3, -0.25) is 4.90 Å². The molecule has 1 atom stereocenters. The average molecular weight is 237 g/mol. The largest absolute Gasteiger partial charge is 0.320 e. The van der Waals surface area contributed by atoms with Crippen LogP contribution in [0.25, 0.3) is 0 Å². The molecular weight excluding hydrogens is 214 g/mol. The van der Waals surface area contributed by atoms with Gasteiger partial charge in [0, 0.05) is 19.6 Å². The van der Waals surface area contributed by atoms with E-state index in [0.29, 0.717) is 6.04 Å². The van der Waals surface area contributed by atoms with Gasteiger partial charge in [-0.25, -0.2) is 0 Å². The molecule has 5 heteroatoms. The molecule has 0 amide bonds. The molecule has 0 aliphatic carbocycles. The van der Waals surface area contributed by atoms with Crippen LogP contribution in [0.3, 0.4) is 0 Å². The summed E-state index contributed by atoms with van der Waals surface area (Å²) < 4.78 is 2.00. The first-order valence-electron chi connectivity index (χ1n) is 6.58. The second-order valence-corrected chi connectivity index (χ2v) is 4.89. The normalized spacial score (nSPS) is 20.3. The third-order valence-corrected chi connectivity index (χ3v) is 3.35. The van der Waals surface area contributed by atoms with E-state index in [2.05, 4.69) is 27.3 Å². The van der Waals surface area contributed by atoms with Gasteiger partial charge in [0.1, 0.15) is 12.2 Å². The fraction of sp³-hybridized carbons (Fsp3) is 0.833. The lowest BCUT2D eigenvalue weighted by Gasteiger charge is -2.24. The van der Waals surface area contributed by atoms with E-state index in [1.54, 1.807) is 6.33 Å². The Balaban J connectivity index is 1.89. The van der Waals surface area contributed by atoms with Gasteiger partial charge in [0.25, 0.3) is 0 Å². The number of hydrogen-bond acceptors (Lipinski definition) is 4. The third kappa shape index (κ3) is 3.51. The molecule has 17 heavy (non-hydrogen) atoms. The Morgan fingerprint density at radius 3 is 3.06 bits per heavy atom. The number of aromatic nitrogens is 3. The minimum Gasteiger partial charge on any atom is -0.320 e. The predicted molar refractivity (Wildman–Crippen MR) is 67.6 cm³/mol. The summed E-state index contributed by atoms with van der Waals surface area (Å²) in [6.45, 7) is 6.56. The first-order valence-corrected chi connectivity index (χ1v) is 6.58. The Morgan fingerprint density at radius 2 is 2.47 bits per heavy atom. The van der Waals surface area contributed by atoms with Crippen molar-refractivity contribution in [2.75, 3.05) is 19.6 Å². The zero-order chi connectivity index (χ0) is 12.1. The highest BCUT2D eigenvalue weighted by Crippen LogP contribution is 2.09. The number of nitrogens with zero attached hydrogens (tertiary/aromatic N) is 4. The van der Waals surface area contributed by atoms with Gasteiger partial charge in [-0.05, 0) is 32.4 Å². The Morgan fingerprint density at radius 1 is 1.59 bits per heavy atom. The van der Waals surface area contributed by atoms with Crippen molar-refractivity contribution in [3.8, 4) is 0 Å². The van der Waals surface area contributed by atoms with Crippen molar-refractivity contribution in [1.29, 1.82) is 0 Å². The standard InChI is InChI=1S/C12H23N5/c1-3-7-17(8-11-5-4-6-13-11)9-12-15-14-10-16(12)2/h10-11,13H,3-9H2,1-2H3. The van der Waals surface area contributed by atoms with Crippen LogP contribution in [0.2, 0.25) is 0 Å². The van der Waals surface area contributed by atoms with E-state index in [1.807, 2.05) is 11.6 Å². The lowest BCUT2D eigenvalue weighted by molar-refractivity contribution is 0.234. The van der Waals surface area contributed by atoms with E-state index in [0.717, 1.165) is 25.5 Å². The maximum Gasteiger partial charge on any atom is 0.146 e. The van der Waals surface area contributed by atoms with Gasteiger partial charge in [-0.2, -0.15) is 0 Å². The average Bonchev–Trinajstić information content (AvgIpc) is 2.92. The van der Waals surface area contributed by atoms with Gasteiger partial charge in [0.2, 0.25) is 0 Å². The summed E-state index contributed by atoms with van der Waals surface area (Å²) in [5.74, 6) is 1.05. The molecule has 1 N–H and O–H groups in total. The number of aryl methyl sites for hydroxylation is 1.